The normalized spacial score (nSPS) is 10.7. The van der Waals surface area contributed by atoms with Gasteiger partial charge < -0.3 is 10.4 Å². The summed E-state index contributed by atoms with van der Waals surface area (Å²) in [5, 5.41) is 17.0. The van der Waals surface area contributed by atoms with Gasteiger partial charge in [-0.15, -0.1) is 0 Å². The molecule has 0 bridgehead atoms. The number of hydrogen-bond donors (Lipinski definition) is 2. The highest BCUT2D eigenvalue weighted by Crippen LogP contribution is 2.26. The summed E-state index contributed by atoms with van der Waals surface area (Å²) >= 11 is 0. The molecular weight excluding hydrogens is 226 g/mol. The van der Waals surface area contributed by atoms with Crippen molar-refractivity contribution in [1.29, 1.82) is 0 Å². The molecule has 4 nitrogen and oxygen atoms in total. The lowest BCUT2D eigenvalue weighted by molar-refractivity contribution is 0.475. The number of phenolic OH excluding ortho intramolecular Hbond substituents is 1. The fourth-order valence-electron chi connectivity index (χ4n) is 1.96. The molecule has 0 spiro atoms. The van der Waals surface area contributed by atoms with Crippen LogP contribution in [0.5, 0.6) is 5.75 Å². The number of hydrogen-bond acceptors (Lipinski definition) is 3. The van der Waals surface area contributed by atoms with E-state index in [0.717, 1.165) is 22.6 Å². The van der Waals surface area contributed by atoms with Gasteiger partial charge >= 0.3 is 0 Å². The number of rotatable bonds is 2. The highest BCUT2D eigenvalue weighted by atomic mass is 16.3. The Kier molecular flexibility index (Phi) is 2.41. The lowest BCUT2D eigenvalue weighted by Crippen LogP contribution is -1.91. The van der Waals surface area contributed by atoms with Crippen molar-refractivity contribution < 1.29 is 5.11 Å². The summed E-state index contributed by atoms with van der Waals surface area (Å²) in [6.07, 6.45) is 1.92. The van der Waals surface area contributed by atoms with Crippen LogP contribution in [0.3, 0.4) is 0 Å². The molecule has 2 N–H and O–H groups in total. The monoisotopic (exact) mass is 239 g/mol. The molecule has 0 amide bonds. The van der Waals surface area contributed by atoms with Gasteiger partial charge in [-0.3, -0.25) is 0 Å². The number of fused-ring (bicyclic) bond motifs is 1. The molecule has 0 saturated heterocycles. The standard InChI is InChI=1S/C14H13N3O/c1-10-14(13-4-2-3-9-17(13)16-10)15-11-5-7-12(18)8-6-11/h2-9,15,18H,1H3. The van der Waals surface area contributed by atoms with E-state index in [-0.39, 0.29) is 5.75 Å². The van der Waals surface area contributed by atoms with Gasteiger partial charge in [0.25, 0.3) is 0 Å². The summed E-state index contributed by atoms with van der Waals surface area (Å²) < 4.78 is 1.85. The summed E-state index contributed by atoms with van der Waals surface area (Å²) in [5.41, 5.74) is 3.88. The van der Waals surface area contributed by atoms with Gasteiger partial charge in [0, 0.05) is 11.9 Å². The number of phenols is 1. The largest absolute Gasteiger partial charge is 0.508 e. The molecule has 1 aromatic carbocycles. The molecule has 0 atom stereocenters. The zero-order chi connectivity index (χ0) is 12.5. The average Bonchev–Trinajstić information content (AvgIpc) is 2.69. The Morgan fingerprint density at radius 1 is 1.11 bits per heavy atom. The smallest absolute Gasteiger partial charge is 0.115 e. The third-order valence-corrected chi connectivity index (χ3v) is 2.85. The molecular formula is C14H13N3O. The number of anilines is 2. The minimum Gasteiger partial charge on any atom is -0.508 e. The lowest BCUT2D eigenvalue weighted by Gasteiger charge is -2.05. The fourth-order valence-corrected chi connectivity index (χ4v) is 1.96. The Hall–Kier alpha value is -2.49. The van der Waals surface area contributed by atoms with Crippen LogP contribution < -0.4 is 5.32 Å². The van der Waals surface area contributed by atoms with Crippen molar-refractivity contribution in [2.75, 3.05) is 5.32 Å². The zero-order valence-electron chi connectivity index (χ0n) is 9.96. The Morgan fingerprint density at radius 3 is 2.67 bits per heavy atom. The Bertz CT molecular complexity index is 686. The summed E-state index contributed by atoms with van der Waals surface area (Å²) in [4.78, 5) is 0. The van der Waals surface area contributed by atoms with Crippen LogP contribution in [0, 0.1) is 6.92 Å². The summed E-state index contributed by atoms with van der Waals surface area (Å²) in [6, 6.07) is 12.9. The van der Waals surface area contributed by atoms with Gasteiger partial charge in [0.05, 0.1) is 16.9 Å². The first-order valence-electron chi connectivity index (χ1n) is 5.74. The van der Waals surface area contributed by atoms with Gasteiger partial charge in [-0.1, -0.05) is 6.07 Å². The van der Waals surface area contributed by atoms with E-state index in [1.165, 1.54) is 0 Å². The third kappa shape index (κ3) is 1.78. The molecule has 90 valence electrons. The second-order valence-corrected chi connectivity index (χ2v) is 4.16. The first-order chi connectivity index (χ1) is 8.74. The van der Waals surface area contributed by atoms with Gasteiger partial charge in [-0.2, -0.15) is 5.10 Å². The van der Waals surface area contributed by atoms with Gasteiger partial charge in [0.1, 0.15) is 5.75 Å². The van der Waals surface area contributed by atoms with Gasteiger partial charge in [0.15, 0.2) is 0 Å². The second-order valence-electron chi connectivity index (χ2n) is 4.16. The van der Waals surface area contributed by atoms with Gasteiger partial charge in [-0.05, 0) is 43.3 Å². The molecule has 4 heteroatoms. The van der Waals surface area contributed by atoms with E-state index in [4.69, 9.17) is 0 Å². The zero-order valence-corrected chi connectivity index (χ0v) is 9.96. The van der Waals surface area contributed by atoms with Crippen LogP contribution in [-0.4, -0.2) is 14.7 Å². The molecule has 0 saturated carbocycles. The number of benzene rings is 1. The Labute approximate surface area is 105 Å². The van der Waals surface area contributed by atoms with Crippen LogP contribution in [0.4, 0.5) is 11.4 Å². The maximum Gasteiger partial charge on any atom is 0.115 e. The first-order valence-corrected chi connectivity index (χ1v) is 5.74. The van der Waals surface area contributed by atoms with Crippen LogP contribution >= 0.6 is 0 Å². The lowest BCUT2D eigenvalue weighted by atomic mass is 10.2. The number of aryl methyl sites for hydroxylation is 1. The van der Waals surface area contributed by atoms with Gasteiger partial charge in [-0.25, -0.2) is 4.52 Å². The van der Waals surface area contributed by atoms with E-state index < -0.39 is 0 Å². The summed E-state index contributed by atoms with van der Waals surface area (Å²) in [7, 11) is 0. The predicted octanol–water partition coefficient (Wildman–Crippen LogP) is 3.09. The van der Waals surface area contributed by atoms with Crippen LogP contribution in [0.15, 0.2) is 48.7 Å². The molecule has 0 aliphatic heterocycles. The van der Waals surface area contributed by atoms with Crippen LogP contribution in [-0.2, 0) is 0 Å². The number of aromatic nitrogens is 2. The Balaban J connectivity index is 2.04. The van der Waals surface area contributed by atoms with E-state index in [9.17, 15) is 5.11 Å². The fraction of sp³-hybridized carbons (Fsp3) is 0.0714. The van der Waals surface area contributed by atoms with E-state index in [1.807, 2.05) is 48.0 Å². The first kappa shape index (κ1) is 10.7. The van der Waals surface area contributed by atoms with Crippen molar-refractivity contribution in [3.63, 3.8) is 0 Å². The quantitative estimate of drug-likeness (QED) is 0.676. The minimum atomic E-state index is 0.261. The molecule has 0 aliphatic rings. The molecule has 18 heavy (non-hydrogen) atoms. The number of nitrogens with one attached hydrogen (secondary N) is 1. The van der Waals surface area contributed by atoms with E-state index in [1.54, 1.807) is 12.1 Å². The van der Waals surface area contributed by atoms with Crippen molar-refractivity contribution in [2.45, 2.75) is 6.92 Å². The SMILES string of the molecule is Cc1nn2ccccc2c1Nc1ccc(O)cc1. The second kappa shape index (κ2) is 4.07. The van der Waals surface area contributed by atoms with E-state index in [0.29, 0.717) is 0 Å². The molecule has 0 radical (unpaired) electrons. The summed E-state index contributed by atoms with van der Waals surface area (Å²) in [6.45, 7) is 1.97. The van der Waals surface area contributed by atoms with Crippen molar-refractivity contribution in [1.82, 2.24) is 9.61 Å². The molecule has 0 aliphatic carbocycles. The van der Waals surface area contributed by atoms with Crippen molar-refractivity contribution >= 4 is 16.9 Å². The molecule has 3 aromatic rings. The van der Waals surface area contributed by atoms with Crippen molar-refractivity contribution in [3.8, 4) is 5.75 Å². The van der Waals surface area contributed by atoms with E-state index >= 15 is 0 Å². The predicted molar refractivity (Wildman–Crippen MR) is 71.3 cm³/mol. The molecule has 0 unspecified atom stereocenters. The molecule has 3 rings (SSSR count). The van der Waals surface area contributed by atoms with Crippen molar-refractivity contribution in [3.05, 3.63) is 54.4 Å². The molecule has 2 heterocycles. The number of aromatic hydroxyl groups is 1. The summed E-state index contributed by atoms with van der Waals surface area (Å²) in [5.74, 6) is 0.261. The molecule has 2 aromatic heterocycles. The minimum absolute atomic E-state index is 0.261. The molecule has 0 fully saturated rings. The Morgan fingerprint density at radius 2 is 1.89 bits per heavy atom. The highest BCUT2D eigenvalue weighted by molar-refractivity contribution is 5.79. The van der Waals surface area contributed by atoms with Crippen LogP contribution in [0.1, 0.15) is 5.69 Å². The highest BCUT2D eigenvalue weighted by Gasteiger charge is 2.08. The maximum atomic E-state index is 9.26. The third-order valence-electron chi connectivity index (χ3n) is 2.85. The van der Waals surface area contributed by atoms with Crippen molar-refractivity contribution in [2.24, 2.45) is 0 Å². The number of nitrogens with zero attached hydrogens (tertiary/aromatic N) is 2. The average molecular weight is 239 g/mol. The van der Waals surface area contributed by atoms with Crippen LogP contribution in [0.2, 0.25) is 0 Å². The van der Waals surface area contributed by atoms with E-state index in [2.05, 4.69) is 10.4 Å². The van der Waals surface area contributed by atoms with Gasteiger partial charge in [0.2, 0.25) is 0 Å². The van der Waals surface area contributed by atoms with Crippen LogP contribution in [0.25, 0.3) is 5.52 Å². The number of pyridine rings is 1. The topological polar surface area (TPSA) is 49.6 Å². The maximum absolute atomic E-state index is 9.26.